The van der Waals surface area contributed by atoms with E-state index in [9.17, 15) is 4.79 Å². The summed E-state index contributed by atoms with van der Waals surface area (Å²) in [6.45, 7) is 29.2. The Bertz CT molecular complexity index is 890. The van der Waals surface area contributed by atoms with Gasteiger partial charge in [0.05, 0.1) is 12.2 Å². The maximum Gasteiger partial charge on any atom is 0.192 e. The van der Waals surface area contributed by atoms with E-state index >= 15 is 0 Å². The zero-order chi connectivity index (χ0) is 28.2. The number of carbonyl (C=O) groups excluding carboxylic acids is 1. The first-order valence-electron chi connectivity index (χ1n) is 14.5. The van der Waals surface area contributed by atoms with Crippen LogP contribution in [0.1, 0.15) is 110 Å². The summed E-state index contributed by atoms with van der Waals surface area (Å²) in [6.07, 6.45) is 7.84. The lowest BCUT2D eigenvalue weighted by Gasteiger charge is -2.40. The molecule has 0 N–H and O–H groups in total. The minimum Gasteiger partial charge on any atom is -0.413 e. The number of hydrogen-bond acceptors (Lipinski definition) is 3. The Morgan fingerprint density at radius 3 is 2.03 bits per heavy atom. The molecule has 1 aromatic rings. The van der Waals surface area contributed by atoms with Crippen LogP contribution in [0.25, 0.3) is 0 Å². The normalized spacial score (nSPS) is 22.4. The fourth-order valence-corrected chi connectivity index (χ4v) is 7.51. The van der Waals surface area contributed by atoms with Crippen molar-refractivity contribution in [2.75, 3.05) is 0 Å². The Balaban J connectivity index is 2.39. The molecule has 5 heteroatoms. The number of rotatable bonds is 12. The number of carbonyl (C=O) groups is 1. The molecule has 0 amide bonds. The third kappa shape index (κ3) is 8.00. The first-order valence-corrected chi connectivity index (χ1v) is 20.4. The van der Waals surface area contributed by atoms with Crippen LogP contribution in [0.15, 0.2) is 36.9 Å². The standard InChI is InChI=1S/C32H56O3Si2/c1-13-15-16-18-28(34-36(9,10)31(3,4)5)24-19-21-25(22-20-24)30-26(17-14-2)27(33)23-29(30)35-37(11,12)32(6,7)8/h14,19-22,26,28-30H,2,13,15-18,23H2,1,3-12H3. The van der Waals surface area contributed by atoms with Gasteiger partial charge in [-0.15, -0.1) is 6.58 Å². The molecule has 0 heterocycles. The summed E-state index contributed by atoms with van der Waals surface area (Å²) in [4.78, 5) is 13.1. The van der Waals surface area contributed by atoms with E-state index in [1.54, 1.807) is 0 Å². The maximum atomic E-state index is 13.1. The SMILES string of the molecule is C=CCC1C(=O)CC(O[Si](C)(C)C(C)(C)C)C1c1ccc(C(CCCCC)O[Si](C)(C)C(C)(C)C)cc1. The van der Waals surface area contributed by atoms with Gasteiger partial charge >= 0.3 is 0 Å². The molecular weight excluding hydrogens is 489 g/mol. The van der Waals surface area contributed by atoms with Crippen LogP contribution in [0.5, 0.6) is 0 Å². The molecule has 37 heavy (non-hydrogen) atoms. The lowest BCUT2D eigenvalue weighted by Crippen LogP contribution is -2.44. The average Bonchev–Trinajstić information content (AvgIpc) is 3.06. The lowest BCUT2D eigenvalue weighted by atomic mass is 9.84. The van der Waals surface area contributed by atoms with E-state index in [1.165, 1.54) is 30.4 Å². The number of ketones is 1. The van der Waals surface area contributed by atoms with Crippen LogP contribution < -0.4 is 0 Å². The Morgan fingerprint density at radius 2 is 1.54 bits per heavy atom. The van der Waals surface area contributed by atoms with Gasteiger partial charge in [0.1, 0.15) is 5.78 Å². The third-order valence-electron chi connectivity index (χ3n) is 9.33. The summed E-state index contributed by atoms with van der Waals surface area (Å²) in [5, 5.41) is 0.278. The first-order chi connectivity index (χ1) is 16.9. The van der Waals surface area contributed by atoms with Crippen molar-refractivity contribution in [3.8, 4) is 0 Å². The van der Waals surface area contributed by atoms with Crippen molar-refractivity contribution in [1.29, 1.82) is 0 Å². The first kappa shape index (κ1) is 32.2. The molecule has 1 fully saturated rings. The van der Waals surface area contributed by atoms with Crippen LogP contribution in [-0.4, -0.2) is 28.5 Å². The number of unbranched alkanes of at least 4 members (excludes halogenated alkanes) is 2. The number of allylic oxidation sites excluding steroid dienone is 1. The van der Waals surface area contributed by atoms with Crippen molar-refractivity contribution in [1.82, 2.24) is 0 Å². The van der Waals surface area contributed by atoms with Gasteiger partial charge in [-0.3, -0.25) is 4.79 Å². The van der Waals surface area contributed by atoms with E-state index in [4.69, 9.17) is 8.85 Å². The third-order valence-corrected chi connectivity index (χ3v) is 18.3. The molecule has 3 nitrogen and oxygen atoms in total. The second kappa shape index (κ2) is 12.4. The molecule has 4 unspecified atom stereocenters. The molecule has 4 atom stereocenters. The van der Waals surface area contributed by atoms with Gasteiger partial charge in [0.25, 0.3) is 0 Å². The molecule has 1 saturated carbocycles. The molecule has 1 aliphatic rings. The monoisotopic (exact) mass is 544 g/mol. The van der Waals surface area contributed by atoms with E-state index in [0.717, 1.165) is 6.42 Å². The van der Waals surface area contributed by atoms with Gasteiger partial charge in [-0.2, -0.15) is 0 Å². The van der Waals surface area contributed by atoms with Gasteiger partial charge < -0.3 is 8.85 Å². The fraction of sp³-hybridized carbons (Fsp3) is 0.719. The van der Waals surface area contributed by atoms with Gasteiger partial charge in [0, 0.05) is 18.3 Å². The summed E-state index contributed by atoms with van der Waals surface area (Å²) >= 11 is 0. The summed E-state index contributed by atoms with van der Waals surface area (Å²) < 4.78 is 13.8. The number of hydrogen-bond donors (Lipinski definition) is 0. The minimum absolute atomic E-state index is 0.0537. The highest BCUT2D eigenvalue weighted by molar-refractivity contribution is 6.74. The van der Waals surface area contributed by atoms with Crippen molar-refractivity contribution < 1.29 is 13.6 Å². The molecule has 0 bridgehead atoms. The van der Waals surface area contributed by atoms with Crippen molar-refractivity contribution in [2.24, 2.45) is 5.92 Å². The minimum atomic E-state index is -2.01. The highest BCUT2D eigenvalue weighted by atomic mass is 28.4. The summed E-state index contributed by atoms with van der Waals surface area (Å²) in [6, 6.07) is 9.02. The molecule has 0 aromatic heterocycles. The van der Waals surface area contributed by atoms with Gasteiger partial charge in [-0.25, -0.2) is 0 Å². The van der Waals surface area contributed by atoms with Gasteiger partial charge in [-0.1, -0.05) is 98.1 Å². The average molecular weight is 545 g/mol. The second-order valence-electron chi connectivity index (χ2n) is 14.3. The van der Waals surface area contributed by atoms with E-state index in [1.807, 2.05) is 6.08 Å². The molecule has 210 valence electrons. The molecule has 1 aliphatic carbocycles. The second-order valence-corrected chi connectivity index (χ2v) is 23.8. The maximum absolute atomic E-state index is 13.1. The smallest absolute Gasteiger partial charge is 0.192 e. The molecule has 0 saturated heterocycles. The summed E-state index contributed by atoms with van der Waals surface area (Å²) in [5.74, 6) is 0.340. The zero-order valence-electron chi connectivity index (χ0n) is 25.9. The Kier molecular flexibility index (Phi) is 10.8. The molecular formula is C32H56O3Si2. The van der Waals surface area contributed by atoms with Crippen LogP contribution >= 0.6 is 0 Å². The molecule has 0 spiro atoms. The molecule has 0 aliphatic heterocycles. The van der Waals surface area contributed by atoms with Crippen molar-refractivity contribution in [3.05, 3.63) is 48.0 Å². The largest absolute Gasteiger partial charge is 0.413 e. The quantitative estimate of drug-likeness (QED) is 0.149. The zero-order valence-corrected chi connectivity index (χ0v) is 27.9. The number of Topliss-reactive ketones (excluding diaryl/α,β-unsaturated/α-hetero) is 1. The van der Waals surface area contributed by atoms with E-state index in [-0.39, 0.29) is 34.1 Å². The predicted molar refractivity (Wildman–Crippen MR) is 164 cm³/mol. The van der Waals surface area contributed by atoms with Gasteiger partial charge in [0.15, 0.2) is 16.6 Å². The molecule has 2 rings (SSSR count). The summed E-state index contributed by atoms with van der Waals surface area (Å²) in [7, 11) is -3.92. The fourth-order valence-electron chi connectivity index (χ4n) is 4.85. The summed E-state index contributed by atoms with van der Waals surface area (Å²) in [5.41, 5.74) is 2.47. The highest BCUT2D eigenvalue weighted by Gasteiger charge is 2.48. The Hall–Kier alpha value is -1.02. The van der Waals surface area contributed by atoms with Gasteiger partial charge in [-0.05, 0) is 60.2 Å². The topological polar surface area (TPSA) is 35.5 Å². The highest BCUT2D eigenvalue weighted by Crippen LogP contribution is 2.47. The molecule has 1 aromatic carbocycles. The van der Waals surface area contributed by atoms with Crippen molar-refractivity contribution in [3.63, 3.8) is 0 Å². The predicted octanol–water partition coefficient (Wildman–Crippen LogP) is 9.97. The van der Waals surface area contributed by atoms with Crippen molar-refractivity contribution >= 4 is 22.4 Å². The van der Waals surface area contributed by atoms with Crippen LogP contribution in [0.4, 0.5) is 0 Å². The Labute approximate surface area is 231 Å². The van der Waals surface area contributed by atoms with Crippen LogP contribution in [0, 0.1) is 5.92 Å². The van der Waals surface area contributed by atoms with Crippen LogP contribution in [0.2, 0.25) is 36.3 Å². The van der Waals surface area contributed by atoms with E-state index in [0.29, 0.717) is 18.6 Å². The van der Waals surface area contributed by atoms with E-state index in [2.05, 4.69) is 105 Å². The Morgan fingerprint density at radius 1 is 0.973 bits per heavy atom. The lowest BCUT2D eigenvalue weighted by molar-refractivity contribution is -0.121. The van der Waals surface area contributed by atoms with E-state index < -0.39 is 16.6 Å². The molecule has 0 radical (unpaired) electrons. The van der Waals surface area contributed by atoms with Gasteiger partial charge in [0.2, 0.25) is 0 Å². The van der Waals surface area contributed by atoms with Crippen LogP contribution in [-0.2, 0) is 13.6 Å². The number of benzene rings is 1. The van der Waals surface area contributed by atoms with Crippen molar-refractivity contribution in [2.45, 2.75) is 141 Å². The van der Waals surface area contributed by atoms with Crippen LogP contribution in [0.3, 0.4) is 0 Å².